The van der Waals surface area contributed by atoms with Crippen molar-refractivity contribution < 1.29 is 22.3 Å². The molecule has 246 valence electrons. The zero-order chi connectivity index (χ0) is 32.1. The number of carbonyl (C=O) groups excluding carboxylic acids is 1. The molecule has 1 aromatic heterocycles. The van der Waals surface area contributed by atoms with Crippen LogP contribution in [0.3, 0.4) is 0 Å². The molecule has 1 amide bonds. The Kier molecular flexibility index (Phi) is 10.3. The number of rotatable bonds is 9. The molecule has 46 heavy (non-hydrogen) atoms. The third kappa shape index (κ3) is 7.76. The van der Waals surface area contributed by atoms with Gasteiger partial charge in [-0.25, -0.2) is 12.8 Å². The summed E-state index contributed by atoms with van der Waals surface area (Å²) < 4.78 is 48.8. The predicted octanol–water partition coefficient (Wildman–Crippen LogP) is 4.67. The standard InChI is InChI=1S/C35H44FN5O4S/c36-29-9-7-28(8-10-29)33-15-6-27(22-38-33)23-39-20-21-41(34(24-39)35(42)40-18-16-30(37)17-19-40)46(43,44)32-13-11-31(12-14-32)45-25-26-4-2-1-3-5-26/h6-15,22,26,30,34H,1-5,16-21,23-25,37H2/t34-/m0/s1. The minimum atomic E-state index is -3.95. The smallest absolute Gasteiger partial charge is 0.243 e. The normalized spacial score (nSPS) is 20.9. The molecule has 2 aliphatic heterocycles. The number of hydrogen-bond acceptors (Lipinski definition) is 7. The first-order valence-corrected chi connectivity index (χ1v) is 17.9. The average molecular weight is 650 g/mol. The van der Waals surface area contributed by atoms with Gasteiger partial charge in [-0.05, 0) is 91.8 Å². The summed E-state index contributed by atoms with van der Waals surface area (Å²) in [5.41, 5.74) is 8.61. The highest BCUT2D eigenvalue weighted by atomic mass is 32.2. The third-order valence-corrected chi connectivity index (χ3v) is 11.5. The second kappa shape index (κ2) is 14.6. The number of nitrogens with two attached hydrogens (primary N) is 1. The van der Waals surface area contributed by atoms with Crippen LogP contribution in [-0.4, -0.2) is 84.8 Å². The quantitative estimate of drug-likeness (QED) is 0.359. The van der Waals surface area contributed by atoms with E-state index in [2.05, 4.69) is 9.88 Å². The molecule has 11 heteroatoms. The number of likely N-dealkylation sites (tertiary alicyclic amines) is 1. The molecule has 1 saturated carbocycles. The van der Waals surface area contributed by atoms with Crippen LogP contribution < -0.4 is 10.5 Å². The second-order valence-electron chi connectivity index (χ2n) is 12.9. The van der Waals surface area contributed by atoms with Crippen LogP contribution in [0.2, 0.25) is 0 Å². The van der Waals surface area contributed by atoms with E-state index in [4.69, 9.17) is 10.5 Å². The first kappa shape index (κ1) is 32.6. The van der Waals surface area contributed by atoms with E-state index in [9.17, 15) is 17.6 Å². The molecular weight excluding hydrogens is 605 g/mol. The van der Waals surface area contributed by atoms with Gasteiger partial charge in [-0.15, -0.1) is 0 Å². The van der Waals surface area contributed by atoms with E-state index < -0.39 is 16.1 Å². The Balaban J connectivity index is 1.16. The Bertz CT molecular complexity index is 1560. The summed E-state index contributed by atoms with van der Waals surface area (Å²) in [6.07, 6.45) is 9.29. The molecule has 3 aliphatic rings. The summed E-state index contributed by atoms with van der Waals surface area (Å²) in [7, 11) is -3.95. The maximum absolute atomic E-state index is 14.1. The number of carbonyl (C=O) groups is 1. The molecule has 0 bridgehead atoms. The lowest BCUT2D eigenvalue weighted by Crippen LogP contribution is -2.61. The van der Waals surface area contributed by atoms with Crippen molar-refractivity contribution >= 4 is 15.9 Å². The monoisotopic (exact) mass is 649 g/mol. The van der Waals surface area contributed by atoms with Crippen LogP contribution in [0.15, 0.2) is 71.8 Å². The lowest BCUT2D eigenvalue weighted by Gasteiger charge is -2.42. The van der Waals surface area contributed by atoms with Crippen molar-refractivity contribution in [2.45, 2.75) is 68.5 Å². The van der Waals surface area contributed by atoms with Gasteiger partial charge in [-0.1, -0.05) is 25.3 Å². The van der Waals surface area contributed by atoms with E-state index in [0.717, 1.165) is 16.8 Å². The fourth-order valence-electron chi connectivity index (χ4n) is 6.76. The SMILES string of the molecule is NC1CCN(C(=O)[C@@H]2CN(Cc3ccc(-c4ccc(F)cc4)nc3)CCN2S(=O)(=O)c2ccc(OCC3CCCCC3)cc2)CC1. The number of benzene rings is 2. The van der Waals surface area contributed by atoms with Crippen LogP contribution in [0.5, 0.6) is 5.75 Å². The van der Waals surface area contributed by atoms with E-state index >= 15 is 0 Å². The van der Waals surface area contributed by atoms with Gasteiger partial charge in [0.15, 0.2) is 0 Å². The number of piperazine rings is 1. The summed E-state index contributed by atoms with van der Waals surface area (Å²) in [5, 5.41) is 0. The number of ether oxygens (including phenoxy) is 1. The summed E-state index contributed by atoms with van der Waals surface area (Å²) in [6.45, 7) is 3.13. The minimum absolute atomic E-state index is 0.0518. The number of sulfonamides is 1. The van der Waals surface area contributed by atoms with Crippen LogP contribution >= 0.6 is 0 Å². The second-order valence-corrected chi connectivity index (χ2v) is 14.8. The van der Waals surface area contributed by atoms with Crippen molar-refractivity contribution in [3.8, 4) is 17.0 Å². The van der Waals surface area contributed by atoms with Crippen LogP contribution in [0.1, 0.15) is 50.5 Å². The van der Waals surface area contributed by atoms with Crippen molar-refractivity contribution in [2.75, 3.05) is 39.3 Å². The summed E-state index contributed by atoms with van der Waals surface area (Å²) in [4.78, 5) is 22.6. The van der Waals surface area contributed by atoms with Gasteiger partial charge in [0.1, 0.15) is 17.6 Å². The van der Waals surface area contributed by atoms with Crippen molar-refractivity contribution in [2.24, 2.45) is 11.7 Å². The lowest BCUT2D eigenvalue weighted by atomic mass is 9.90. The first-order chi connectivity index (χ1) is 22.3. The average Bonchev–Trinajstić information content (AvgIpc) is 3.09. The number of amides is 1. The predicted molar refractivity (Wildman–Crippen MR) is 175 cm³/mol. The molecule has 3 heterocycles. The molecule has 0 spiro atoms. The Hall–Kier alpha value is -3.38. The van der Waals surface area contributed by atoms with Crippen molar-refractivity contribution in [3.05, 3.63) is 78.2 Å². The zero-order valence-corrected chi connectivity index (χ0v) is 27.1. The fourth-order valence-corrected chi connectivity index (χ4v) is 8.33. The summed E-state index contributed by atoms with van der Waals surface area (Å²) in [5.74, 6) is 0.727. The molecule has 1 aliphatic carbocycles. The molecule has 2 N–H and O–H groups in total. The van der Waals surface area contributed by atoms with Crippen molar-refractivity contribution in [1.82, 2.24) is 19.1 Å². The van der Waals surface area contributed by atoms with Gasteiger partial charge < -0.3 is 15.4 Å². The fraction of sp³-hybridized carbons (Fsp3) is 0.486. The Morgan fingerprint density at radius 2 is 1.61 bits per heavy atom. The van der Waals surface area contributed by atoms with Crippen molar-refractivity contribution in [1.29, 1.82) is 0 Å². The topological polar surface area (TPSA) is 109 Å². The summed E-state index contributed by atoms with van der Waals surface area (Å²) in [6, 6.07) is 15.9. The molecule has 0 unspecified atom stereocenters. The van der Waals surface area contributed by atoms with E-state index in [0.29, 0.717) is 57.3 Å². The molecule has 1 atom stereocenters. The van der Waals surface area contributed by atoms with E-state index in [-0.39, 0.29) is 35.8 Å². The Morgan fingerprint density at radius 3 is 2.28 bits per heavy atom. The maximum atomic E-state index is 14.1. The van der Waals surface area contributed by atoms with Gasteiger partial charge >= 0.3 is 0 Å². The van der Waals surface area contributed by atoms with Gasteiger partial charge in [0.05, 0.1) is 17.2 Å². The highest BCUT2D eigenvalue weighted by molar-refractivity contribution is 7.89. The number of aromatic nitrogens is 1. The lowest BCUT2D eigenvalue weighted by molar-refractivity contribution is -0.138. The number of pyridine rings is 1. The van der Waals surface area contributed by atoms with Crippen LogP contribution in [0.4, 0.5) is 4.39 Å². The molecule has 2 aromatic carbocycles. The minimum Gasteiger partial charge on any atom is -0.493 e. The molecule has 3 fully saturated rings. The molecule has 0 radical (unpaired) electrons. The van der Waals surface area contributed by atoms with E-state index in [1.54, 1.807) is 47.5 Å². The van der Waals surface area contributed by atoms with Crippen LogP contribution in [0, 0.1) is 11.7 Å². The summed E-state index contributed by atoms with van der Waals surface area (Å²) >= 11 is 0. The third-order valence-electron chi connectivity index (χ3n) is 9.56. The number of halogens is 1. The number of piperidine rings is 1. The first-order valence-electron chi connectivity index (χ1n) is 16.5. The molecule has 2 saturated heterocycles. The van der Waals surface area contributed by atoms with Gasteiger partial charge in [0.25, 0.3) is 0 Å². The largest absolute Gasteiger partial charge is 0.493 e. The van der Waals surface area contributed by atoms with Crippen LogP contribution in [0.25, 0.3) is 11.3 Å². The number of hydrogen-bond donors (Lipinski definition) is 1. The highest BCUT2D eigenvalue weighted by Crippen LogP contribution is 2.28. The zero-order valence-electron chi connectivity index (χ0n) is 26.3. The van der Waals surface area contributed by atoms with Crippen LogP contribution in [-0.2, 0) is 21.4 Å². The van der Waals surface area contributed by atoms with E-state index in [1.807, 2.05) is 12.1 Å². The number of nitrogens with zero attached hydrogens (tertiary/aromatic N) is 4. The molecule has 9 nitrogen and oxygen atoms in total. The van der Waals surface area contributed by atoms with Gasteiger partial charge in [-0.3, -0.25) is 14.7 Å². The van der Waals surface area contributed by atoms with Gasteiger partial charge in [0.2, 0.25) is 15.9 Å². The van der Waals surface area contributed by atoms with Gasteiger partial charge in [-0.2, -0.15) is 4.31 Å². The Labute approximate surface area is 271 Å². The Morgan fingerprint density at radius 1 is 0.891 bits per heavy atom. The molecular formula is C35H44FN5O4S. The van der Waals surface area contributed by atoms with Crippen molar-refractivity contribution in [3.63, 3.8) is 0 Å². The molecule has 6 rings (SSSR count). The molecule has 3 aromatic rings. The maximum Gasteiger partial charge on any atom is 0.243 e. The van der Waals surface area contributed by atoms with E-state index in [1.165, 1.54) is 48.5 Å². The van der Waals surface area contributed by atoms with Gasteiger partial charge in [0, 0.05) is 57.1 Å². The highest BCUT2D eigenvalue weighted by Gasteiger charge is 2.42.